The smallest absolute Gasteiger partial charge is 0.258 e. The standard InChI is InChI=1S/C23H16N4O2/c28-27(29)21-14-11-19(12-15-21)17-26-22(16-13-18-7-3-1-4-8-18)23(24-25-26)20-9-5-2-6-10-20/h1-12,14-15H,17H2. The van der Waals surface area contributed by atoms with E-state index in [4.69, 9.17) is 0 Å². The zero-order valence-electron chi connectivity index (χ0n) is 15.4. The molecule has 0 spiro atoms. The number of aromatic nitrogens is 3. The van der Waals surface area contributed by atoms with Crippen LogP contribution in [0.3, 0.4) is 0 Å². The molecule has 0 saturated carbocycles. The Hall–Kier alpha value is -4.24. The Bertz CT molecular complexity index is 1190. The van der Waals surface area contributed by atoms with Crippen molar-refractivity contribution >= 4 is 5.69 Å². The topological polar surface area (TPSA) is 73.8 Å². The van der Waals surface area contributed by atoms with Gasteiger partial charge in [0.15, 0.2) is 0 Å². The van der Waals surface area contributed by atoms with Crippen molar-refractivity contribution in [3.05, 3.63) is 112 Å². The number of nitrogens with zero attached hydrogens (tertiary/aromatic N) is 4. The van der Waals surface area contributed by atoms with Crippen LogP contribution in [0.5, 0.6) is 0 Å². The van der Waals surface area contributed by atoms with Gasteiger partial charge in [0.05, 0.1) is 11.5 Å². The molecular formula is C23H16N4O2. The van der Waals surface area contributed by atoms with Crippen molar-refractivity contribution in [2.75, 3.05) is 0 Å². The van der Waals surface area contributed by atoms with E-state index in [9.17, 15) is 10.1 Å². The van der Waals surface area contributed by atoms with Gasteiger partial charge in [-0.25, -0.2) is 4.68 Å². The van der Waals surface area contributed by atoms with Gasteiger partial charge >= 0.3 is 0 Å². The molecule has 29 heavy (non-hydrogen) atoms. The van der Waals surface area contributed by atoms with E-state index in [0.717, 1.165) is 16.7 Å². The Morgan fingerprint density at radius 1 is 0.862 bits per heavy atom. The fraction of sp³-hybridized carbons (Fsp3) is 0.0435. The molecule has 0 bridgehead atoms. The van der Waals surface area contributed by atoms with Gasteiger partial charge in [0.25, 0.3) is 5.69 Å². The number of nitro groups is 1. The van der Waals surface area contributed by atoms with Crippen molar-refractivity contribution in [2.24, 2.45) is 0 Å². The van der Waals surface area contributed by atoms with Crippen molar-refractivity contribution in [3.63, 3.8) is 0 Å². The van der Waals surface area contributed by atoms with Crippen LogP contribution in [0.2, 0.25) is 0 Å². The van der Waals surface area contributed by atoms with E-state index in [-0.39, 0.29) is 5.69 Å². The summed E-state index contributed by atoms with van der Waals surface area (Å²) in [6.45, 7) is 0.413. The van der Waals surface area contributed by atoms with Gasteiger partial charge in [-0.3, -0.25) is 10.1 Å². The number of benzene rings is 3. The molecule has 3 aromatic carbocycles. The first-order valence-corrected chi connectivity index (χ1v) is 9.00. The summed E-state index contributed by atoms with van der Waals surface area (Å²) in [5, 5.41) is 19.5. The molecule has 4 aromatic rings. The van der Waals surface area contributed by atoms with Crippen LogP contribution < -0.4 is 0 Å². The quantitative estimate of drug-likeness (QED) is 0.301. The first kappa shape index (κ1) is 18.1. The number of rotatable bonds is 4. The molecular weight excluding hydrogens is 364 g/mol. The van der Waals surface area contributed by atoms with E-state index in [0.29, 0.717) is 17.9 Å². The monoisotopic (exact) mass is 380 g/mol. The number of non-ortho nitro benzene ring substituents is 1. The summed E-state index contributed by atoms with van der Waals surface area (Å²) in [7, 11) is 0. The molecule has 6 nitrogen and oxygen atoms in total. The Labute approximate surface area is 167 Å². The van der Waals surface area contributed by atoms with Crippen molar-refractivity contribution in [1.29, 1.82) is 0 Å². The Kier molecular flexibility index (Phi) is 5.12. The second-order valence-corrected chi connectivity index (χ2v) is 6.35. The lowest BCUT2D eigenvalue weighted by Gasteiger charge is -2.04. The molecule has 0 aliphatic rings. The predicted octanol–water partition coefficient (Wildman–Crippen LogP) is 4.30. The first-order chi connectivity index (χ1) is 14.2. The van der Waals surface area contributed by atoms with Crippen molar-refractivity contribution < 1.29 is 4.92 Å². The third kappa shape index (κ3) is 4.20. The maximum Gasteiger partial charge on any atom is 0.269 e. The number of hydrogen-bond donors (Lipinski definition) is 0. The molecule has 0 radical (unpaired) electrons. The third-order valence-corrected chi connectivity index (χ3v) is 4.36. The van der Waals surface area contributed by atoms with Crippen LogP contribution in [0.4, 0.5) is 5.69 Å². The van der Waals surface area contributed by atoms with Crippen LogP contribution in [0.15, 0.2) is 84.9 Å². The van der Waals surface area contributed by atoms with Gasteiger partial charge in [0, 0.05) is 23.3 Å². The van der Waals surface area contributed by atoms with E-state index in [1.165, 1.54) is 12.1 Å². The summed E-state index contributed by atoms with van der Waals surface area (Å²) in [4.78, 5) is 10.5. The lowest BCUT2D eigenvalue weighted by Crippen LogP contribution is -2.05. The molecule has 0 fully saturated rings. The molecule has 0 aliphatic heterocycles. The van der Waals surface area contributed by atoms with E-state index in [1.807, 2.05) is 60.7 Å². The van der Waals surface area contributed by atoms with Crippen molar-refractivity contribution in [3.8, 4) is 23.1 Å². The summed E-state index contributed by atoms with van der Waals surface area (Å²) in [5.74, 6) is 6.37. The molecule has 4 rings (SSSR count). The van der Waals surface area contributed by atoms with Crippen LogP contribution in [0.1, 0.15) is 16.8 Å². The van der Waals surface area contributed by atoms with Gasteiger partial charge in [-0.15, -0.1) is 5.10 Å². The highest BCUT2D eigenvalue weighted by atomic mass is 16.6. The minimum absolute atomic E-state index is 0.0569. The average Bonchev–Trinajstić information content (AvgIpc) is 3.16. The molecule has 6 heteroatoms. The van der Waals surface area contributed by atoms with Gasteiger partial charge < -0.3 is 0 Å². The van der Waals surface area contributed by atoms with Gasteiger partial charge in [0.2, 0.25) is 0 Å². The van der Waals surface area contributed by atoms with Crippen LogP contribution in [0, 0.1) is 22.0 Å². The van der Waals surface area contributed by atoms with Crippen LogP contribution in [-0.4, -0.2) is 19.9 Å². The first-order valence-electron chi connectivity index (χ1n) is 9.00. The highest BCUT2D eigenvalue weighted by molar-refractivity contribution is 5.65. The molecule has 0 amide bonds. The summed E-state index contributed by atoms with van der Waals surface area (Å²) < 4.78 is 1.72. The number of hydrogen-bond acceptors (Lipinski definition) is 4. The van der Waals surface area contributed by atoms with Gasteiger partial charge in [-0.05, 0) is 23.6 Å². The summed E-state index contributed by atoms with van der Waals surface area (Å²) >= 11 is 0. The van der Waals surface area contributed by atoms with Gasteiger partial charge in [-0.2, -0.15) is 0 Å². The maximum atomic E-state index is 10.9. The molecule has 0 saturated heterocycles. The van der Waals surface area contributed by atoms with E-state index >= 15 is 0 Å². The molecule has 0 unspecified atom stereocenters. The van der Waals surface area contributed by atoms with Crippen LogP contribution in [0.25, 0.3) is 11.3 Å². The molecule has 1 aromatic heterocycles. The van der Waals surface area contributed by atoms with Gasteiger partial charge in [-0.1, -0.05) is 71.8 Å². The lowest BCUT2D eigenvalue weighted by molar-refractivity contribution is -0.384. The lowest BCUT2D eigenvalue weighted by atomic mass is 10.1. The van der Waals surface area contributed by atoms with Crippen LogP contribution in [-0.2, 0) is 6.54 Å². The SMILES string of the molecule is O=[N+]([O-])c1ccc(Cn2nnc(-c3ccccc3)c2C#Cc2ccccc2)cc1. The second kappa shape index (κ2) is 8.19. The van der Waals surface area contributed by atoms with Gasteiger partial charge in [0.1, 0.15) is 11.4 Å². The minimum atomic E-state index is -0.413. The van der Waals surface area contributed by atoms with Crippen molar-refractivity contribution in [1.82, 2.24) is 15.0 Å². The largest absolute Gasteiger partial charge is 0.269 e. The molecule has 0 N–H and O–H groups in total. The molecule has 0 atom stereocenters. The molecule has 0 aliphatic carbocycles. The summed E-state index contributed by atoms with van der Waals surface area (Å²) in [6.07, 6.45) is 0. The summed E-state index contributed by atoms with van der Waals surface area (Å²) in [6, 6.07) is 25.9. The molecule has 140 valence electrons. The fourth-order valence-corrected chi connectivity index (χ4v) is 2.89. The highest BCUT2D eigenvalue weighted by Gasteiger charge is 2.14. The Balaban J connectivity index is 1.73. The van der Waals surface area contributed by atoms with Crippen LogP contribution >= 0.6 is 0 Å². The zero-order valence-corrected chi connectivity index (χ0v) is 15.4. The third-order valence-electron chi connectivity index (χ3n) is 4.36. The van der Waals surface area contributed by atoms with Crippen molar-refractivity contribution in [2.45, 2.75) is 6.54 Å². The Morgan fingerprint density at radius 2 is 1.52 bits per heavy atom. The summed E-state index contributed by atoms with van der Waals surface area (Å²) in [5.41, 5.74) is 4.16. The predicted molar refractivity (Wildman–Crippen MR) is 110 cm³/mol. The Morgan fingerprint density at radius 3 is 2.17 bits per heavy atom. The minimum Gasteiger partial charge on any atom is -0.258 e. The van der Waals surface area contributed by atoms with E-state index in [2.05, 4.69) is 22.2 Å². The van der Waals surface area contributed by atoms with E-state index in [1.54, 1.807) is 16.8 Å². The fourth-order valence-electron chi connectivity index (χ4n) is 2.89. The second-order valence-electron chi connectivity index (χ2n) is 6.35. The normalized spacial score (nSPS) is 10.2. The zero-order chi connectivity index (χ0) is 20.1. The average molecular weight is 380 g/mol. The number of nitro benzene ring substituents is 1. The molecule has 1 heterocycles. The maximum absolute atomic E-state index is 10.9. The highest BCUT2D eigenvalue weighted by Crippen LogP contribution is 2.21. The van der Waals surface area contributed by atoms with E-state index < -0.39 is 4.92 Å².